The van der Waals surface area contributed by atoms with Crippen molar-refractivity contribution in [3.63, 3.8) is 0 Å². The Morgan fingerprint density at radius 2 is 1.60 bits per heavy atom. The highest BCUT2D eigenvalue weighted by Crippen LogP contribution is 2.78. The molecule has 6 N–H and O–H groups in total. The number of fused-ring (bicyclic) bond motifs is 5. The van der Waals surface area contributed by atoms with Crippen LogP contribution in [-0.4, -0.2) is 121 Å². The van der Waals surface area contributed by atoms with E-state index in [2.05, 4.69) is 11.8 Å². The number of methoxy groups -OCH3 is 2. The first kappa shape index (κ1) is 33.1. The molecule has 0 unspecified atom stereocenters. The van der Waals surface area contributed by atoms with E-state index in [1.807, 2.05) is 6.92 Å². The van der Waals surface area contributed by atoms with Crippen molar-refractivity contribution < 1.29 is 54.4 Å². The largest absolute Gasteiger partial charge is 0.493 e. The summed E-state index contributed by atoms with van der Waals surface area (Å²) in [4.78, 5) is 15.6. The molecule has 1 aromatic rings. The molecular formula is C36H51NO11. The summed E-state index contributed by atoms with van der Waals surface area (Å²) in [5.41, 5.74) is -9.44. The summed E-state index contributed by atoms with van der Waals surface area (Å²) < 4.78 is 23.5. The molecule has 12 heteroatoms. The number of nitrogens with zero attached hydrogens (tertiary/aromatic N) is 1. The fraction of sp³-hybridized carbons (Fsp3) is 0.806. The van der Waals surface area contributed by atoms with Crippen LogP contribution < -0.4 is 9.47 Å². The van der Waals surface area contributed by atoms with Gasteiger partial charge in [0.05, 0.1) is 31.5 Å². The van der Waals surface area contributed by atoms with E-state index < -0.39 is 81.2 Å². The zero-order valence-corrected chi connectivity index (χ0v) is 28.5. The molecule has 4 aliphatic carbocycles. The first-order valence-electron chi connectivity index (χ1n) is 17.6. The molecule has 14 atom stereocenters. The SMILES string of the molecule is COc1ccc(C(=O)O[C@H]2CC[C@@]3(C)[C@H]4CC[C@H]5[C@]3(C[C@]3(O)[C@H]6CN7C[C@H](C)CC[C@H]7[C@](C)(O)[C@]6(O)[C@H](O)C[C@]53O)O[C@]24O)cc1OC. The Labute approximate surface area is 280 Å². The van der Waals surface area contributed by atoms with Gasteiger partial charge in [0.25, 0.3) is 0 Å². The predicted octanol–water partition coefficient (Wildman–Crippen LogP) is 1.36. The second-order valence-corrected chi connectivity index (χ2v) is 16.8. The molecule has 48 heavy (non-hydrogen) atoms. The maximum absolute atomic E-state index is 13.5. The summed E-state index contributed by atoms with van der Waals surface area (Å²) in [5.74, 6) is -3.63. The molecule has 1 aromatic carbocycles. The van der Waals surface area contributed by atoms with Crippen LogP contribution in [0.2, 0.25) is 0 Å². The summed E-state index contributed by atoms with van der Waals surface area (Å²) in [6.45, 7) is 6.57. The van der Waals surface area contributed by atoms with Gasteiger partial charge in [0.2, 0.25) is 5.79 Å². The highest BCUT2D eigenvalue weighted by Gasteiger charge is 2.88. The van der Waals surface area contributed by atoms with Crippen molar-refractivity contribution in [3.8, 4) is 11.5 Å². The van der Waals surface area contributed by atoms with Gasteiger partial charge in [-0.25, -0.2) is 4.79 Å². The van der Waals surface area contributed by atoms with Crippen LogP contribution >= 0.6 is 0 Å². The molecule has 0 radical (unpaired) electrons. The molecule has 7 aliphatic rings. The lowest BCUT2D eigenvalue weighted by molar-refractivity contribution is -0.354. The smallest absolute Gasteiger partial charge is 0.338 e. The molecule has 4 saturated carbocycles. The van der Waals surface area contributed by atoms with Gasteiger partial charge in [0.15, 0.2) is 17.6 Å². The van der Waals surface area contributed by atoms with Gasteiger partial charge in [-0.2, -0.15) is 0 Å². The van der Waals surface area contributed by atoms with Crippen LogP contribution in [0, 0.1) is 29.1 Å². The summed E-state index contributed by atoms with van der Waals surface area (Å²) in [6, 6.07) is 4.28. The van der Waals surface area contributed by atoms with Crippen molar-refractivity contribution in [3.05, 3.63) is 23.8 Å². The molecule has 3 saturated heterocycles. The number of benzene rings is 1. The number of carbonyl (C=O) groups is 1. The minimum atomic E-state index is -2.10. The van der Waals surface area contributed by atoms with Crippen LogP contribution in [-0.2, 0) is 9.47 Å². The van der Waals surface area contributed by atoms with Gasteiger partial charge >= 0.3 is 5.97 Å². The maximum Gasteiger partial charge on any atom is 0.338 e. The number of aliphatic hydroxyl groups excluding tert-OH is 1. The molecular weight excluding hydrogens is 622 g/mol. The molecule has 0 aromatic heterocycles. The first-order chi connectivity index (χ1) is 22.5. The Morgan fingerprint density at radius 1 is 0.896 bits per heavy atom. The summed E-state index contributed by atoms with van der Waals surface area (Å²) in [7, 11) is 2.97. The quantitative estimate of drug-likeness (QED) is 0.253. The Kier molecular flexibility index (Phi) is 6.94. The zero-order chi connectivity index (χ0) is 34.4. The number of carbonyl (C=O) groups excluding carboxylic acids is 1. The Morgan fingerprint density at radius 3 is 2.31 bits per heavy atom. The van der Waals surface area contributed by atoms with E-state index >= 15 is 0 Å². The van der Waals surface area contributed by atoms with Gasteiger partial charge in [0, 0.05) is 55.1 Å². The van der Waals surface area contributed by atoms with Gasteiger partial charge in [-0.15, -0.1) is 0 Å². The zero-order valence-electron chi connectivity index (χ0n) is 28.5. The highest BCUT2D eigenvalue weighted by molar-refractivity contribution is 5.90. The maximum atomic E-state index is 13.5. The number of aliphatic hydroxyl groups is 6. The van der Waals surface area contributed by atoms with E-state index in [4.69, 9.17) is 18.9 Å². The van der Waals surface area contributed by atoms with Crippen LogP contribution in [0.15, 0.2) is 18.2 Å². The van der Waals surface area contributed by atoms with Crippen molar-refractivity contribution >= 4 is 5.97 Å². The van der Waals surface area contributed by atoms with Gasteiger partial charge < -0.3 is 49.6 Å². The van der Waals surface area contributed by atoms with Gasteiger partial charge in [-0.05, 0) is 69.6 Å². The molecule has 1 spiro atoms. The number of piperidine rings is 2. The second kappa shape index (κ2) is 10.1. The van der Waals surface area contributed by atoms with Crippen molar-refractivity contribution in [1.29, 1.82) is 0 Å². The Bertz CT molecular complexity index is 1520. The van der Waals surface area contributed by atoms with Gasteiger partial charge in [0.1, 0.15) is 22.4 Å². The minimum Gasteiger partial charge on any atom is -0.493 e. The second-order valence-electron chi connectivity index (χ2n) is 16.8. The lowest BCUT2D eigenvalue weighted by atomic mass is 9.49. The van der Waals surface area contributed by atoms with E-state index in [9.17, 15) is 35.4 Å². The van der Waals surface area contributed by atoms with Crippen LogP contribution in [0.1, 0.15) is 82.5 Å². The van der Waals surface area contributed by atoms with Crippen LogP contribution in [0.4, 0.5) is 0 Å². The third-order valence-electron chi connectivity index (χ3n) is 14.9. The van der Waals surface area contributed by atoms with Crippen LogP contribution in [0.5, 0.6) is 11.5 Å². The topological polar surface area (TPSA) is 179 Å². The molecule has 8 rings (SSSR count). The van der Waals surface area contributed by atoms with E-state index in [0.29, 0.717) is 56.1 Å². The van der Waals surface area contributed by atoms with Crippen molar-refractivity contribution in [2.24, 2.45) is 29.1 Å². The Hall–Kier alpha value is -2.03. The lowest BCUT2D eigenvalue weighted by Crippen LogP contribution is -2.85. The van der Waals surface area contributed by atoms with Crippen molar-refractivity contribution in [2.45, 2.75) is 124 Å². The molecule has 4 bridgehead atoms. The number of hydrogen-bond acceptors (Lipinski definition) is 12. The van der Waals surface area contributed by atoms with E-state index in [-0.39, 0.29) is 24.9 Å². The summed E-state index contributed by atoms with van der Waals surface area (Å²) >= 11 is 0. The average molecular weight is 674 g/mol. The first-order valence-corrected chi connectivity index (χ1v) is 17.6. The number of ether oxygens (including phenoxy) is 4. The molecule has 3 aliphatic heterocycles. The number of hydrogen-bond donors (Lipinski definition) is 6. The molecule has 12 nitrogen and oxygen atoms in total. The average Bonchev–Trinajstić information content (AvgIpc) is 3.21. The van der Waals surface area contributed by atoms with Crippen molar-refractivity contribution in [2.75, 3.05) is 27.3 Å². The minimum absolute atomic E-state index is 0.101. The normalized spacial score (nSPS) is 53.6. The number of rotatable bonds is 4. The molecule has 3 heterocycles. The standard InChI is InChI=1S/C36H51NO11/c1-19-6-11-26-31(3,40)35(43)25(17-37(26)16-19)33(42)18-34-24(32(33,41)15-27(35)38)10-9-23-30(34,2)13-12-28(36(23,44)48-34)47-29(39)20-7-8-21(45-4)22(14-20)46-5/h7-8,14,19,23-28,38,40-44H,6,9-13,15-18H2,1-5H3/t19-,23-,24-,25-,26+,27-,28+,30+,31+,32+,33+,34+,35-,36+/m1/s1. The van der Waals surface area contributed by atoms with E-state index in [0.717, 1.165) is 6.42 Å². The molecule has 7 fully saturated rings. The molecule has 266 valence electrons. The Balaban J connectivity index is 1.16. The van der Waals surface area contributed by atoms with Crippen LogP contribution in [0.25, 0.3) is 0 Å². The van der Waals surface area contributed by atoms with E-state index in [1.165, 1.54) is 20.3 Å². The van der Waals surface area contributed by atoms with E-state index in [1.54, 1.807) is 19.1 Å². The predicted molar refractivity (Wildman–Crippen MR) is 169 cm³/mol. The van der Waals surface area contributed by atoms with Gasteiger partial charge in [-0.1, -0.05) is 13.8 Å². The highest BCUT2D eigenvalue weighted by atomic mass is 16.7. The summed E-state index contributed by atoms with van der Waals surface area (Å²) in [6.07, 6.45) is 0.172. The number of esters is 1. The third kappa shape index (κ3) is 3.66. The third-order valence-corrected chi connectivity index (χ3v) is 14.9. The fourth-order valence-corrected chi connectivity index (χ4v) is 12.6. The van der Waals surface area contributed by atoms with Crippen molar-refractivity contribution in [1.82, 2.24) is 4.90 Å². The lowest BCUT2D eigenvalue weighted by Gasteiger charge is -2.68. The fourth-order valence-electron chi connectivity index (χ4n) is 12.6. The monoisotopic (exact) mass is 673 g/mol. The van der Waals surface area contributed by atoms with Gasteiger partial charge in [-0.3, -0.25) is 4.90 Å². The van der Waals surface area contributed by atoms with Crippen LogP contribution in [0.3, 0.4) is 0 Å². The molecule has 0 amide bonds. The summed E-state index contributed by atoms with van der Waals surface area (Å²) in [5, 5.41) is 74.7.